The molecule has 2 N–H and O–H groups in total. The lowest BCUT2D eigenvalue weighted by Crippen LogP contribution is -2.12. The molecule has 0 aromatic heterocycles. The molecule has 0 saturated carbocycles. The number of ether oxygens (including phenoxy) is 1. The quantitative estimate of drug-likeness (QED) is 0.248. The average Bonchev–Trinajstić information content (AvgIpc) is 2.35. The predicted molar refractivity (Wildman–Crippen MR) is 75.6 cm³/mol. The van der Waals surface area contributed by atoms with Crippen molar-refractivity contribution in [2.45, 2.75) is 71.0 Å². The van der Waals surface area contributed by atoms with Gasteiger partial charge in [-0.1, -0.05) is 44.8 Å². The molecule has 0 aromatic carbocycles. The molecule has 0 fully saturated rings. The van der Waals surface area contributed by atoms with Crippen LogP contribution in [-0.4, -0.2) is 29.1 Å². The van der Waals surface area contributed by atoms with Crippen LogP contribution >= 0.6 is 0 Å². The first-order valence-corrected chi connectivity index (χ1v) is 7.24. The number of rotatable bonds is 12. The fourth-order valence-electron chi connectivity index (χ4n) is 1.73. The van der Waals surface area contributed by atoms with Gasteiger partial charge in [0.15, 0.2) is 6.29 Å². The normalized spacial score (nSPS) is 10.7. The number of esters is 1. The Morgan fingerprint density at radius 1 is 1.11 bits per heavy atom. The van der Waals surface area contributed by atoms with Gasteiger partial charge >= 0.3 is 5.97 Å². The Balaban J connectivity index is 3.43. The third-order valence-electron chi connectivity index (χ3n) is 2.96. The molecule has 0 heterocycles. The van der Waals surface area contributed by atoms with Gasteiger partial charge in [0.25, 0.3) is 0 Å². The molecule has 4 heteroatoms. The van der Waals surface area contributed by atoms with Crippen molar-refractivity contribution in [2.24, 2.45) is 0 Å². The number of hydrogen-bond donors (Lipinski definition) is 2. The summed E-state index contributed by atoms with van der Waals surface area (Å²) in [6, 6.07) is 0. The molecule has 0 radical (unpaired) electrons. The van der Waals surface area contributed by atoms with Gasteiger partial charge in [0.1, 0.15) is 0 Å². The van der Waals surface area contributed by atoms with Gasteiger partial charge in [-0.3, -0.25) is 4.79 Å². The number of carbonyl (C=O) groups excluding carboxylic acids is 1. The lowest BCUT2D eigenvalue weighted by atomic mass is 10.0. The van der Waals surface area contributed by atoms with Crippen LogP contribution in [0.1, 0.15) is 64.7 Å². The molecule has 0 spiro atoms. The number of allylic oxidation sites excluding steroid dienone is 1. The van der Waals surface area contributed by atoms with Crippen LogP contribution < -0.4 is 0 Å². The summed E-state index contributed by atoms with van der Waals surface area (Å²) in [7, 11) is 0. The number of aliphatic hydroxyl groups is 2. The fraction of sp³-hybridized carbons (Fsp3) is 0.800. The lowest BCUT2D eigenvalue weighted by Gasteiger charge is -2.07. The van der Waals surface area contributed by atoms with Gasteiger partial charge in [-0.25, -0.2) is 0 Å². The third-order valence-corrected chi connectivity index (χ3v) is 2.96. The maximum absolute atomic E-state index is 11.3. The van der Waals surface area contributed by atoms with Crippen molar-refractivity contribution in [1.82, 2.24) is 0 Å². The number of carbonyl (C=O) groups is 1. The van der Waals surface area contributed by atoms with E-state index in [1.54, 1.807) is 0 Å². The Labute approximate surface area is 116 Å². The molecule has 19 heavy (non-hydrogen) atoms. The first kappa shape index (κ1) is 18.1. The Kier molecular flexibility index (Phi) is 11.6. The highest BCUT2D eigenvalue weighted by Crippen LogP contribution is 2.14. The van der Waals surface area contributed by atoms with Crippen LogP contribution in [0.4, 0.5) is 0 Å². The summed E-state index contributed by atoms with van der Waals surface area (Å²) < 4.78 is 4.86. The summed E-state index contributed by atoms with van der Waals surface area (Å²) >= 11 is 0. The van der Waals surface area contributed by atoms with Gasteiger partial charge in [0.05, 0.1) is 6.61 Å². The molecule has 0 bridgehead atoms. The average molecular weight is 272 g/mol. The van der Waals surface area contributed by atoms with Crippen molar-refractivity contribution in [1.29, 1.82) is 0 Å². The van der Waals surface area contributed by atoms with E-state index in [0.29, 0.717) is 12.8 Å². The van der Waals surface area contributed by atoms with Crippen molar-refractivity contribution in [2.75, 3.05) is 6.61 Å². The highest BCUT2D eigenvalue weighted by atomic mass is 16.5. The van der Waals surface area contributed by atoms with Gasteiger partial charge in [0.2, 0.25) is 0 Å². The molecule has 4 nitrogen and oxygen atoms in total. The van der Waals surface area contributed by atoms with Crippen LogP contribution in [0.25, 0.3) is 0 Å². The molecule has 0 rings (SSSR count). The topological polar surface area (TPSA) is 66.8 Å². The minimum Gasteiger partial charge on any atom is -0.465 e. The first-order valence-electron chi connectivity index (χ1n) is 7.24. The molecule has 0 saturated heterocycles. The molecule has 0 aliphatic rings. The summed E-state index contributed by atoms with van der Waals surface area (Å²) in [5.74, 6) is -0.298. The highest BCUT2D eigenvalue weighted by molar-refractivity contribution is 5.69. The molecule has 0 amide bonds. The fourth-order valence-corrected chi connectivity index (χ4v) is 1.73. The van der Waals surface area contributed by atoms with Crippen LogP contribution in [0.2, 0.25) is 0 Å². The maximum Gasteiger partial charge on any atom is 0.306 e. The van der Waals surface area contributed by atoms with E-state index in [0.717, 1.165) is 18.4 Å². The van der Waals surface area contributed by atoms with Crippen LogP contribution in [-0.2, 0) is 9.53 Å². The smallest absolute Gasteiger partial charge is 0.306 e. The maximum atomic E-state index is 11.3. The second-order valence-corrected chi connectivity index (χ2v) is 4.90. The Morgan fingerprint density at radius 2 is 1.79 bits per heavy atom. The van der Waals surface area contributed by atoms with Crippen molar-refractivity contribution >= 4 is 5.97 Å². The lowest BCUT2D eigenvalue weighted by molar-refractivity contribution is -0.146. The summed E-state index contributed by atoms with van der Waals surface area (Å²) in [5, 5.41) is 17.2. The van der Waals surface area contributed by atoms with Crippen LogP contribution in [0.15, 0.2) is 12.2 Å². The zero-order valence-corrected chi connectivity index (χ0v) is 12.1. The monoisotopic (exact) mass is 272 g/mol. The Bertz CT molecular complexity index is 249. The van der Waals surface area contributed by atoms with Gasteiger partial charge < -0.3 is 14.9 Å². The van der Waals surface area contributed by atoms with Gasteiger partial charge in [-0.2, -0.15) is 0 Å². The zero-order chi connectivity index (χ0) is 14.5. The van der Waals surface area contributed by atoms with Gasteiger partial charge in [0, 0.05) is 12.8 Å². The summed E-state index contributed by atoms with van der Waals surface area (Å²) in [6.45, 7) is 6.22. The van der Waals surface area contributed by atoms with E-state index in [-0.39, 0.29) is 19.0 Å². The largest absolute Gasteiger partial charge is 0.465 e. The van der Waals surface area contributed by atoms with E-state index in [1.165, 1.54) is 25.7 Å². The minimum absolute atomic E-state index is 0.0555. The SMILES string of the molecule is C=C(CCCCCCC)CCC(=O)OCCC(O)O. The number of hydrogen-bond acceptors (Lipinski definition) is 4. The van der Waals surface area contributed by atoms with E-state index in [2.05, 4.69) is 13.5 Å². The van der Waals surface area contributed by atoms with Crippen molar-refractivity contribution in [3.05, 3.63) is 12.2 Å². The van der Waals surface area contributed by atoms with Gasteiger partial charge in [-0.05, 0) is 19.3 Å². The van der Waals surface area contributed by atoms with E-state index in [1.807, 2.05) is 0 Å². The van der Waals surface area contributed by atoms with Gasteiger partial charge in [-0.15, -0.1) is 0 Å². The van der Waals surface area contributed by atoms with Crippen LogP contribution in [0, 0.1) is 0 Å². The zero-order valence-electron chi connectivity index (χ0n) is 12.1. The van der Waals surface area contributed by atoms with Crippen LogP contribution in [0.3, 0.4) is 0 Å². The second kappa shape index (κ2) is 12.2. The molecule has 0 aromatic rings. The Hall–Kier alpha value is -0.870. The standard InChI is InChI=1S/C15H28O4/c1-3-4-5-6-7-8-13(2)9-10-15(18)19-12-11-14(16)17/h14,16-17H,2-12H2,1H3. The summed E-state index contributed by atoms with van der Waals surface area (Å²) in [5.41, 5.74) is 1.09. The van der Waals surface area contributed by atoms with E-state index in [9.17, 15) is 4.79 Å². The van der Waals surface area contributed by atoms with Crippen molar-refractivity contribution in [3.8, 4) is 0 Å². The Morgan fingerprint density at radius 3 is 2.42 bits per heavy atom. The van der Waals surface area contributed by atoms with Crippen LogP contribution in [0.5, 0.6) is 0 Å². The summed E-state index contributed by atoms with van der Waals surface area (Å²) in [6.07, 6.45) is 6.79. The van der Waals surface area contributed by atoms with Crippen molar-refractivity contribution in [3.63, 3.8) is 0 Å². The van der Waals surface area contributed by atoms with Crippen molar-refractivity contribution < 1.29 is 19.7 Å². The number of unbranched alkanes of at least 4 members (excludes halogenated alkanes) is 4. The predicted octanol–water partition coefficient (Wildman–Crippen LogP) is 2.93. The third kappa shape index (κ3) is 13.4. The molecule has 0 aliphatic heterocycles. The molecular formula is C15H28O4. The molecule has 112 valence electrons. The molecule has 0 unspecified atom stereocenters. The molecular weight excluding hydrogens is 244 g/mol. The number of aliphatic hydroxyl groups excluding tert-OH is 1. The molecule has 0 aliphatic carbocycles. The first-order chi connectivity index (χ1) is 9.06. The second-order valence-electron chi connectivity index (χ2n) is 4.90. The van der Waals surface area contributed by atoms with E-state index >= 15 is 0 Å². The van der Waals surface area contributed by atoms with E-state index in [4.69, 9.17) is 14.9 Å². The highest BCUT2D eigenvalue weighted by Gasteiger charge is 2.05. The van der Waals surface area contributed by atoms with E-state index < -0.39 is 6.29 Å². The molecule has 0 atom stereocenters. The minimum atomic E-state index is -1.41. The summed E-state index contributed by atoms with van der Waals surface area (Å²) in [4.78, 5) is 11.3.